The molecule has 0 aliphatic rings. The van der Waals surface area contributed by atoms with Gasteiger partial charge in [0.15, 0.2) is 0 Å². The maximum absolute atomic E-state index is 13.1. The van der Waals surface area contributed by atoms with Gasteiger partial charge in [-0.2, -0.15) is 10.4 Å². The minimum atomic E-state index is -0.294. The normalized spacial score (nSPS) is 11.7. The van der Waals surface area contributed by atoms with Gasteiger partial charge in [0, 0.05) is 17.0 Å². The molecule has 3 rings (SSSR count). The maximum Gasteiger partial charge on any atom is 0.230 e. The monoisotopic (exact) mass is 408 g/mol. The van der Waals surface area contributed by atoms with Crippen molar-refractivity contribution in [1.82, 2.24) is 15.1 Å². The zero-order valence-electron chi connectivity index (χ0n) is 16.2. The van der Waals surface area contributed by atoms with Gasteiger partial charge in [0.05, 0.1) is 35.3 Å². The Morgan fingerprint density at radius 3 is 2.59 bits per heavy atom. The summed E-state index contributed by atoms with van der Waals surface area (Å²) < 4.78 is 14.9. The molecular weight excluding hydrogens is 387 g/mol. The molecule has 29 heavy (non-hydrogen) atoms. The lowest BCUT2D eigenvalue weighted by Gasteiger charge is -2.14. The molecule has 0 saturated heterocycles. The SMILES string of the molecule is Cc1c(C(C)NC(=O)CSCc2ccc(C#N)cc2)cnn1-c1ccc(F)cc1. The van der Waals surface area contributed by atoms with Crippen molar-refractivity contribution >= 4 is 17.7 Å². The first-order chi connectivity index (χ1) is 14.0. The average Bonchev–Trinajstić information content (AvgIpc) is 3.10. The van der Waals surface area contributed by atoms with E-state index >= 15 is 0 Å². The molecule has 0 radical (unpaired) electrons. The molecule has 0 bridgehead atoms. The van der Waals surface area contributed by atoms with Crippen molar-refractivity contribution in [3.63, 3.8) is 0 Å². The van der Waals surface area contributed by atoms with Crippen molar-refractivity contribution < 1.29 is 9.18 Å². The van der Waals surface area contributed by atoms with Crippen LogP contribution in [0.2, 0.25) is 0 Å². The maximum atomic E-state index is 13.1. The van der Waals surface area contributed by atoms with E-state index in [2.05, 4.69) is 16.5 Å². The molecule has 1 amide bonds. The number of hydrogen-bond acceptors (Lipinski definition) is 4. The highest BCUT2D eigenvalue weighted by Gasteiger charge is 2.16. The quantitative estimate of drug-likeness (QED) is 0.633. The predicted octanol–water partition coefficient (Wildman–Crippen LogP) is 4.30. The molecule has 5 nitrogen and oxygen atoms in total. The Balaban J connectivity index is 1.54. The summed E-state index contributed by atoms with van der Waals surface area (Å²) in [5, 5.41) is 16.2. The molecule has 1 aromatic heterocycles. The van der Waals surface area contributed by atoms with Gasteiger partial charge in [-0.15, -0.1) is 11.8 Å². The molecule has 148 valence electrons. The number of thioether (sulfide) groups is 1. The van der Waals surface area contributed by atoms with Crippen molar-refractivity contribution in [3.05, 3.63) is 82.9 Å². The first kappa shape index (κ1) is 20.6. The predicted molar refractivity (Wildman–Crippen MR) is 112 cm³/mol. The third-order valence-electron chi connectivity index (χ3n) is 4.55. The van der Waals surface area contributed by atoms with Crippen LogP contribution in [0.4, 0.5) is 4.39 Å². The lowest BCUT2D eigenvalue weighted by molar-refractivity contribution is -0.119. The largest absolute Gasteiger partial charge is 0.349 e. The fourth-order valence-electron chi connectivity index (χ4n) is 2.99. The summed E-state index contributed by atoms with van der Waals surface area (Å²) in [5.41, 5.74) is 4.29. The van der Waals surface area contributed by atoms with E-state index in [1.54, 1.807) is 35.1 Å². The highest BCUT2D eigenvalue weighted by molar-refractivity contribution is 7.99. The number of nitrogens with one attached hydrogen (secondary N) is 1. The summed E-state index contributed by atoms with van der Waals surface area (Å²) >= 11 is 1.52. The molecule has 2 aromatic carbocycles. The van der Waals surface area contributed by atoms with Gasteiger partial charge < -0.3 is 5.32 Å². The molecule has 3 aromatic rings. The topological polar surface area (TPSA) is 70.7 Å². The van der Waals surface area contributed by atoms with Crippen LogP contribution in [-0.4, -0.2) is 21.4 Å². The third-order valence-corrected chi connectivity index (χ3v) is 5.55. The molecule has 1 N–H and O–H groups in total. The van der Waals surface area contributed by atoms with Gasteiger partial charge in [0.1, 0.15) is 5.82 Å². The molecule has 0 fully saturated rings. The fourth-order valence-corrected chi connectivity index (χ4v) is 3.79. The highest BCUT2D eigenvalue weighted by Crippen LogP contribution is 2.21. The van der Waals surface area contributed by atoms with Gasteiger partial charge in [0.25, 0.3) is 0 Å². The van der Waals surface area contributed by atoms with Crippen LogP contribution in [0.3, 0.4) is 0 Å². The number of rotatable bonds is 7. The molecule has 7 heteroatoms. The van der Waals surface area contributed by atoms with Crippen LogP contribution in [0.15, 0.2) is 54.7 Å². The molecule has 0 aliphatic heterocycles. The van der Waals surface area contributed by atoms with Crippen LogP contribution in [0.1, 0.15) is 35.3 Å². The number of amides is 1. The van der Waals surface area contributed by atoms with E-state index in [1.807, 2.05) is 26.0 Å². The Morgan fingerprint density at radius 1 is 1.24 bits per heavy atom. The minimum absolute atomic E-state index is 0.0509. The zero-order valence-corrected chi connectivity index (χ0v) is 17.0. The Kier molecular flexibility index (Phi) is 6.68. The average molecular weight is 409 g/mol. The van der Waals surface area contributed by atoms with Gasteiger partial charge in [-0.1, -0.05) is 12.1 Å². The second-order valence-electron chi connectivity index (χ2n) is 6.66. The summed E-state index contributed by atoms with van der Waals surface area (Å²) in [5.74, 6) is 0.702. The number of nitrogens with zero attached hydrogens (tertiary/aromatic N) is 3. The number of benzene rings is 2. The lowest BCUT2D eigenvalue weighted by Crippen LogP contribution is -2.28. The van der Waals surface area contributed by atoms with Crippen LogP contribution >= 0.6 is 11.8 Å². The number of hydrogen-bond donors (Lipinski definition) is 1. The smallest absolute Gasteiger partial charge is 0.230 e. The van der Waals surface area contributed by atoms with Crippen LogP contribution in [0, 0.1) is 24.1 Å². The second-order valence-corrected chi connectivity index (χ2v) is 7.65. The van der Waals surface area contributed by atoms with E-state index in [1.165, 1.54) is 23.9 Å². The van der Waals surface area contributed by atoms with E-state index in [0.717, 1.165) is 22.5 Å². The van der Waals surface area contributed by atoms with Crippen molar-refractivity contribution in [2.45, 2.75) is 25.6 Å². The van der Waals surface area contributed by atoms with Gasteiger partial charge in [0.2, 0.25) is 5.91 Å². The Bertz CT molecular complexity index is 1020. The Labute approximate surface area is 173 Å². The fraction of sp³-hybridized carbons (Fsp3) is 0.227. The van der Waals surface area contributed by atoms with Crippen LogP contribution in [0.5, 0.6) is 0 Å². The van der Waals surface area contributed by atoms with Crippen molar-refractivity contribution in [2.75, 3.05) is 5.75 Å². The number of aromatic nitrogens is 2. The summed E-state index contributed by atoms with van der Waals surface area (Å²) in [6, 6.07) is 15.4. The summed E-state index contributed by atoms with van der Waals surface area (Å²) in [7, 11) is 0. The van der Waals surface area contributed by atoms with Crippen molar-refractivity contribution in [2.24, 2.45) is 0 Å². The van der Waals surface area contributed by atoms with E-state index in [4.69, 9.17) is 5.26 Å². The highest BCUT2D eigenvalue weighted by atomic mass is 32.2. The van der Waals surface area contributed by atoms with Crippen LogP contribution in [0.25, 0.3) is 5.69 Å². The molecule has 0 aliphatic carbocycles. The van der Waals surface area contributed by atoms with Gasteiger partial charge in [-0.25, -0.2) is 9.07 Å². The second kappa shape index (κ2) is 9.39. The number of nitriles is 1. The van der Waals surface area contributed by atoms with Gasteiger partial charge in [-0.05, 0) is 55.8 Å². The molecule has 1 atom stereocenters. The van der Waals surface area contributed by atoms with E-state index in [0.29, 0.717) is 17.1 Å². The van der Waals surface area contributed by atoms with Gasteiger partial charge >= 0.3 is 0 Å². The number of carbonyl (C=O) groups is 1. The molecule has 1 heterocycles. The summed E-state index contributed by atoms with van der Waals surface area (Å²) in [6.07, 6.45) is 1.73. The van der Waals surface area contributed by atoms with Crippen LogP contribution in [-0.2, 0) is 10.5 Å². The lowest BCUT2D eigenvalue weighted by atomic mass is 10.1. The van der Waals surface area contributed by atoms with Crippen molar-refractivity contribution in [1.29, 1.82) is 5.26 Å². The third kappa shape index (κ3) is 5.24. The Morgan fingerprint density at radius 2 is 1.93 bits per heavy atom. The summed E-state index contributed by atoms with van der Waals surface area (Å²) in [6.45, 7) is 3.84. The van der Waals surface area contributed by atoms with Crippen molar-refractivity contribution in [3.8, 4) is 11.8 Å². The molecule has 0 spiro atoms. The number of halogens is 1. The molecular formula is C22H21FN4OS. The first-order valence-electron chi connectivity index (χ1n) is 9.14. The van der Waals surface area contributed by atoms with Gasteiger partial charge in [-0.3, -0.25) is 4.79 Å². The van der Waals surface area contributed by atoms with E-state index < -0.39 is 0 Å². The van der Waals surface area contributed by atoms with E-state index in [9.17, 15) is 9.18 Å². The minimum Gasteiger partial charge on any atom is -0.349 e. The zero-order chi connectivity index (χ0) is 20.8. The standard InChI is InChI=1S/C22H21FN4OS/c1-15(21-12-25-27(16(21)2)20-9-7-19(23)8-10-20)26-22(28)14-29-13-18-5-3-17(11-24)4-6-18/h3-10,12,15H,13-14H2,1-2H3,(H,26,28). The van der Waals surface area contributed by atoms with E-state index in [-0.39, 0.29) is 17.8 Å². The first-order valence-corrected chi connectivity index (χ1v) is 10.3. The Hall–Kier alpha value is -3.11. The summed E-state index contributed by atoms with van der Waals surface area (Å²) in [4.78, 5) is 12.3. The molecule has 0 saturated carbocycles. The van der Waals surface area contributed by atoms with Crippen LogP contribution < -0.4 is 5.32 Å². The number of carbonyl (C=O) groups excluding carboxylic acids is 1. The molecule has 1 unspecified atom stereocenters.